The van der Waals surface area contributed by atoms with Gasteiger partial charge in [0.15, 0.2) is 16.6 Å². The summed E-state index contributed by atoms with van der Waals surface area (Å²) >= 11 is 5.28. The van der Waals surface area contributed by atoms with E-state index in [9.17, 15) is 0 Å². The van der Waals surface area contributed by atoms with Crippen LogP contribution in [-0.4, -0.2) is 35.4 Å². The number of aryl methyl sites for hydroxylation is 1. The minimum atomic E-state index is 0.581. The first-order valence-corrected chi connectivity index (χ1v) is 7.36. The number of anilines is 1. The van der Waals surface area contributed by atoms with Gasteiger partial charge in [0, 0.05) is 37.2 Å². The summed E-state index contributed by atoms with van der Waals surface area (Å²) in [6, 6.07) is 5.57. The van der Waals surface area contributed by atoms with Gasteiger partial charge < -0.3 is 24.7 Å². The third-order valence-corrected chi connectivity index (χ3v) is 3.33. The number of thiocarbonyl (C=S) groups is 1. The first kappa shape index (κ1) is 16.1. The first-order valence-electron chi connectivity index (χ1n) is 6.95. The van der Waals surface area contributed by atoms with Crippen molar-refractivity contribution in [3.05, 3.63) is 36.9 Å². The molecule has 6 nitrogen and oxygen atoms in total. The molecule has 1 aromatic carbocycles. The molecule has 22 heavy (non-hydrogen) atoms. The summed E-state index contributed by atoms with van der Waals surface area (Å²) in [5.74, 6) is 1.35. The van der Waals surface area contributed by atoms with Gasteiger partial charge in [0.05, 0.1) is 20.5 Å². The summed E-state index contributed by atoms with van der Waals surface area (Å²) in [5.41, 5.74) is 0.852. The van der Waals surface area contributed by atoms with Gasteiger partial charge in [-0.2, -0.15) is 0 Å². The van der Waals surface area contributed by atoms with E-state index in [4.69, 9.17) is 21.7 Å². The molecule has 0 bridgehead atoms. The maximum atomic E-state index is 5.28. The van der Waals surface area contributed by atoms with E-state index in [0.717, 1.165) is 25.2 Å². The SMILES string of the molecule is COc1cc(NC(=S)NCCCn2ccnc2)ccc1O[11CH3]. The van der Waals surface area contributed by atoms with Crippen LogP contribution in [0.15, 0.2) is 36.9 Å². The number of hydrogen-bond donors (Lipinski definition) is 2. The molecule has 118 valence electrons. The van der Waals surface area contributed by atoms with Crippen molar-refractivity contribution >= 4 is 23.0 Å². The van der Waals surface area contributed by atoms with E-state index < -0.39 is 0 Å². The van der Waals surface area contributed by atoms with Gasteiger partial charge in [0.2, 0.25) is 0 Å². The number of rotatable bonds is 7. The van der Waals surface area contributed by atoms with E-state index in [1.165, 1.54) is 0 Å². The number of nitrogens with one attached hydrogen (secondary N) is 2. The summed E-state index contributed by atoms with van der Waals surface area (Å²) < 4.78 is 12.5. The second-order valence-electron chi connectivity index (χ2n) is 4.60. The predicted octanol–water partition coefficient (Wildman–Crippen LogP) is 2.28. The van der Waals surface area contributed by atoms with Crippen LogP contribution in [0.2, 0.25) is 0 Å². The molecule has 0 radical (unpaired) electrons. The largest absolute Gasteiger partial charge is 0.493 e. The van der Waals surface area contributed by atoms with Crippen molar-refractivity contribution in [3.63, 3.8) is 0 Å². The lowest BCUT2D eigenvalue weighted by molar-refractivity contribution is 0.355. The van der Waals surface area contributed by atoms with Crippen LogP contribution in [0.5, 0.6) is 11.5 Å². The number of ether oxygens (including phenoxy) is 2. The van der Waals surface area contributed by atoms with E-state index in [0.29, 0.717) is 16.6 Å². The lowest BCUT2D eigenvalue weighted by Gasteiger charge is -2.13. The van der Waals surface area contributed by atoms with Crippen LogP contribution in [-0.2, 0) is 6.54 Å². The van der Waals surface area contributed by atoms with Crippen LogP contribution in [0.3, 0.4) is 0 Å². The highest BCUT2D eigenvalue weighted by molar-refractivity contribution is 7.80. The van der Waals surface area contributed by atoms with Crippen molar-refractivity contribution in [2.24, 2.45) is 0 Å². The maximum absolute atomic E-state index is 5.28. The second-order valence-corrected chi connectivity index (χ2v) is 5.01. The highest BCUT2D eigenvalue weighted by Crippen LogP contribution is 2.29. The summed E-state index contributed by atoms with van der Waals surface area (Å²) in [5, 5.41) is 6.88. The van der Waals surface area contributed by atoms with Crippen LogP contribution in [0, 0.1) is 0 Å². The zero-order chi connectivity index (χ0) is 15.8. The molecule has 0 atom stereocenters. The van der Waals surface area contributed by atoms with E-state index in [1.807, 2.05) is 29.0 Å². The quantitative estimate of drug-likeness (QED) is 0.603. The van der Waals surface area contributed by atoms with E-state index >= 15 is 0 Å². The number of hydrogen-bond acceptors (Lipinski definition) is 4. The molecule has 1 aromatic heterocycles. The fourth-order valence-corrected chi connectivity index (χ4v) is 2.19. The van der Waals surface area contributed by atoms with E-state index in [-0.39, 0.29) is 0 Å². The average molecular weight is 319 g/mol. The number of nitrogens with zero attached hydrogens (tertiary/aromatic N) is 2. The second kappa shape index (κ2) is 8.23. The number of aromatic nitrogens is 2. The zero-order valence-electron chi connectivity index (χ0n) is 12.7. The van der Waals surface area contributed by atoms with Gasteiger partial charge in [-0.15, -0.1) is 0 Å². The van der Waals surface area contributed by atoms with Crippen LogP contribution in [0.1, 0.15) is 6.42 Å². The van der Waals surface area contributed by atoms with Crippen LogP contribution < -0.4 is 20.1 Å². The van der Waals surface area contributed by atoms with Crippen molar-refractivity contribution in [2.75, 3.05) is 26.1 Å². The Bertz CT molecular complexity index is 602. The summed E-state index contributed by atoms with van der Waals surface area (Å²) in [6.07, 6.45) is 6.49. The monoisotopic (exact) mass is 319 g/mol. The van der Waals surface area contributed by atoms with Gasteiger partial charge in [0.25, 0.3) is 0 Å². The van der Waals surface area contributed by atoms with Gasteiger partial charge in [0.1, 0.15) is 0 Å². The molecule has 0 aliphatic carbocycles. The molecule has 0 amide bonds. The topological polar surface area (TPSA) is 60.3 Å². The molecule has 0 saturated heterocycles. The summed E-state index contributed by atoms with van der Waals surface area (Å²) in [7, 11) is 3.21. The van der Waals surface area contributed by atoms with Gasteiger partial charge in [-0.25, -0.2) is 4.98 Å². The predicted molar refractivity (Wildman–Crippen MR) is 90.6 cm³/mol. The Morgan fingerprint density at radius 2 is 2.09 bits per heavy atom. The Hall–Kier alpha value is -2.28. The third kappa shape index (κ3) is 4.63. The Balaban J connectivity index is 1.76. The van der Waals surface area contributed by atoms with Crippen molar-refractivity contribution < 1.29 is 9.47 Å². The van der Waals surface area contributed by atoms with Gasteiger partial charge in [-0.3, -0.25) is 0 Å². The minimum absolute atomic E-state index is 0.581. The number of methoxy groups -OCH3 is 2. The van der Waals surface area contributed by atoms with Gasteiger partial charge >= 0.3 is 0 Å². The van der Waals surface area contributed by atoms with Crippen molar-refractivity contribution in [1.29, 1.82) is 0 Å². The highest BCUT2D eigenvalue weighted by atomic mass is 32.1. The highest BCUT2D eigenvalue weighted by Gasteiger charge is 2.05. The van der Waals surface area contributed by atoms with E-state index in [1.54, 1.807) is 26.7 Å². The molecule has 1 heterocycles. The van der Waals surface area contributed by atoms with Crippen LogP contribution >= 0.6 is 12.2 Å². The molecule has 0 aliphatic heterocycles. The molecule has 2 aromatic rings. The fourth-order valence-electron chi connectivity index (χ4n) is 1.97. The summed E-state index contributed by atoms with van der Waals surface area (Å²) in [6.45, 7) is 1.70. The lowest BCUT2D eigenvalue weighted by atomic mass is 10.2. The summed E-state index contributed by atoms with van der Waals surface area (Å²) in [4.78, 5) is 4.00. The Morgan fingerprint density at radius 1 is 1.27 bits per heavy atom. The van der Waals surface area contributed by atoms with Gasteiger partial charge in [-0.05, 0) is 30.8 Å². The average Bonchev–Trinajstić information content (AvgIpc) is 3.04. The van der Waals surface area contributed by atoms with Crippen molar-refractivity contribution in [2.45, 2.75) is 13.0 Å². The Kier molecular flexibility index (Phi) is 6.02. The standard InChI is InChI=1S/C15H20N4O2S/c1-20-13-5-4-12(10-14(13)21-2)18-15(22)17-6-3-8-19-9-7-16-11-19/h4-5,7,9-11H,3,6,8H2,1-2H3,(H2,17,18,22)/i1-1. The maximum Gasteiger partial charge on any atom is 0.170 e. The number of imidazole rings is 1. The van der Waals surface area contributed by atoms with Crippen LogP contribution in [0.4, 0.5) is 5.69 Å². The minimum Gasteiger partial charge on any atom is -0.493 e. The molecule has 0 fully saturated rings. The molecule has 0 unspecified atom stereocenters. The van der Waals surface area contributed by atoms with E-state index in [2.05, 4.69) is 15.6 Å². The van der Waals surface area contributed by atoms with Gasteiger partial charge in [-0.1, -0.05) is 0 Å². The zero-order valence-corrected chi connectivity index (χ0v) is 13.5. The van der Waals surface area contributed by atoms with Crippen LogP contribution in [0.25, 0.3) is 0 Å². The molecule has 2 N–H and O–H groups in total. The Labute approximate surface area is 135 Å². The Morgan fingerprint density at radius 3 is 2.77 bits per heavy atom. The normalized spacial score (nSPS) is 10.1. The molecule has 0 aliphatic rings. The lowest BCUT2D eigenvalue weighted by Crippen LogP contribution is -2.29. The molecule has 2 rings (SSSR count). The first-order chi connectivity index (χ1) is 10.7. The molecule has 0 saturated carbocycles. The van der Waals surface area contributed by atoms with Crippen molar-refractivity contribution in [3.8, 4) is 11.5 Å². The molecular weight excluding hydrogens is 299 g/mol. The third-order valence-electron chi connectivity index (χ3n) is 3.08. The molecular formula is C15H20N4O2S. The number of benzene rings is 1. The molecule has 7 heteroatoms. The molecule has 0 spiro atoms. The fraction of sp³-hybridized carbons (Fsp3) is 0.333. The van der Waals surface area contributed by atoms with Crippen molar-refractivity contribution in [1.82, 2.24) is 14.9 Å². The smallest absolute Gasteiger partial charge is 0.170 e.